The van der Waals surface area contributed by atoms with Crippen LogP contribution in [-0.2, 0) is 10.8 Å². The van der Waals surface area contributed by atoms with Crippen molar-refractivity contribution in [2.75, 3.05) is 0 Å². The van der Waals surface area contributed by atoms with E-state index in [0.29, 0.717) is 10.5 Å². The summed E-state index contributed by atoms with van der Waals surface area (Å²) in [6.07, 6.45) is 0. The third kappa shape index (κ3) is 2.68. The summed E-state index contributed by atoms with van der Waals surface area (Å²) in [4.78, 5) is 12.7. The van der Waals surface area contributed by atoms with E-state index in [9.17, 15) is 9.00 Å². The third-order valence-electron chi connectivity index (χ3n) is 2.41. The smallest absolute Gasteiger partial charge is 0.159 e. The van der Waals surface area contributed by atoms with E-state index in [0.717, 1.165) is 4.90 Å². The van der Waals surface area contributed by atoms with Crippen molar-refractivity contribution in [2.45, 2.75) is 16.7 Å². The van der Waals surface area contributed by atoms with Crippen molar-refractivity contribution < 1.29 is 9.00 Å². The molecular weight excluding hydrogens is 232 g/mol. The van der Waals surface area contributed by atoms with E-state index in [1.165, 1.54) is 6.92 Å². The number of rotatable bonds is 3. The second-order valence-corrected chi connectivity index (χ2v) is 5.15. The second-order valence-electron chi connectivity index (χ2n) is 3.67. The summed E-state index contributed by atoms with van der Waals surface area (Å²) < 4.78 is 12.2. The van der Waals surface area contributed by atoms with Crippen LogP contribution in [0.15, 0.2) is 64.4 Å². The van der Waals surface area contributed by atoms with Crippen LogP contribution in [0.1, 0.15) is 17.3 Å². The van der Waals surface area contributed by atoms with Crippen molar-refractivity contribution in [3.05, 3.63) is 60.2 Å². The van der Waals surface area contributed by atoms with Crippen molar-refractivity contribution >= 4 is 16.6 Å². The summed E-state index contributed by atoms with van der Waals surface area (Å²) >= 11 is 0. The maximum absolute atomic E-state index is 12.2. The first-order valence-corrected chi connectivity index (χ1v) is 6.41. The van der Waals surface area contributed by atoms with Crippen LogP contribution in [-0.4, -0.2) is 9.99 Å². The van der Waals surface area contributed by atoms with E-state index >= 15 is 0 Å². The average molecular weight is 244 g/mol. The SMILES string of the molecule is CC(=O)c1cccc(S(=O)c2ccccc2)c1. The lowest BCUT2D eigenvalue weighted by atomic mass is 10.2. The normalized spacial score (nSPS) is 12.1. The Morgan fingerprint density at radius 1 is 0.941 bits per heavy atom. The highest BCUT2D eigenvalue weighted by molar-refractivity contribution is 7.85. The highest BCUT2D eigenvalue weighted by Gasteiger charge is 2.08. The van der Waals surface area contributed by atoms with Gasteiger partial charge in [-0.1, -0.05) is 30.3 Å². The van der Waals surface area contributed by atoms with Crippen molar-refractivity contribution in [1.29, 1.82) is 0 Å². The van der Waals surface area contributed by atoms with Crippen molar-refractivity contribution in [3.63, 3.8) is 0 Å². The van der Waals surface area contributed by atoms with Crippen molar-refractivity contribution in [1.82, 2.24) is 0 Å². The summed E-state index contributed by atoms with van der Waals surface area (Å²) in [5.74, 6) is -0.0167. The van der Waals surface area contributed by atoms with Crippen LogP contribution in [0.2, 0.25) is 0 Å². The standard InChI is InChI=1S/C14H12O2S/c1-11(15)12-6-5-9-14(10-12)17(16)13-7-3-2-4-8-13/h2-10H,1H3. The van der Waals surface area contributed by atoms with Gasteiger partial charge in [0.15, 0.2) is 5.78 Å². The summed E-state index contributed by atoms with van der Waals surface area (Å²) in [7, 11) is -1.23. The molecule has 0 spiro atoms. The van der Waals surface area contributed by atoms with Crippen LogP contribution in [0.25, 0.3) is 0 Å². The van der Waals surface area contributed by atoms with Crippen LogP contribution in [0.4, 0.5) is 0 Å². The molecule has 0 amide bonds. The van der Waals surface area contributed by atoms with Gasteiger partial charge in [-0.3, -0.25) is 4.79 Å². The molecule has 0 aromatic heterocycles. The van der Waals surface area contributed by atoms with E-state index in [-0.39, 0.29) is 5.78 Å². The molecule has 1 unspecified atom stereocenters. The molecule has 0 aliphatic rings. The first-order valence-electron chi connectivity index (χ1n) is 5.26. The zero-order valence-corrected chi connectivity index (χ0v) is 10.2. The Morgan fingerprint density at radius 3 is 2.24 bits per heavy atom. The minimum Gasteiger partial charge on any atom is -0.295 e. The highest BCUT2D eigenvalue weighted by Crippen LogP contribution is 2.17. The summed E-state index contributed by atoms with van der Waals surface area (Å²) in [5.41, 5.74) is 0.590. The Kier molecular flexibility index (Phi) is 3.49. The van der Waals surface area contributed by atoms with Gasteiger partial charge in [0, 0.05) is 15.4 Å². The molecule has 0 saturated carbocycles. The molecule has 86 valence electrons. The Hall–Kier alpha value is -1.74. The van der Waals surface area contributed by atoms with Gasteiger partial charge in [-0.05, 0) is 31.2 Å². The van der Waals surface area contributed by atoms with E-state index in [2.05, 4.69) is 0 Å². The lowest BCUT2D eigenvalue weighted by molar-refractivity contribution is 0.101. The molecule has 0 heterocycles. The molecule has 2 aromatic carbocycles. The zero-order valence-electron chi connectivity index (χ0n) is 9.42. The molecule has 0 aliphatic carbocycles. The Bertz CT molecular complexity index is 561. The van der Waals surface area contributed by atoms with E-state index in [4.69, 9.17) is 0 Å². The zero-order chi connectivity index (χ0) is 12.3. The van der Waals surface area contributed by atoms with Gasteiger partial charge in [0.05, 0.1) is 10.8 Å². The molecular formula is C14H12O2S. The van der Waals surface area contributed by atoms with Crippen molar-refractivity contribution in [3.8, 4) is 0 Å². The predicted molar refractivity (Wildman–Crippen MR) is 67.6 cm³/mol. The van der Waals surface area contributed by atoms with Gasteiger partial charge < -0.3 is 0 Å². The highest BCUT2D eigenvalue weighted by atomic mass is 32.2. The van der Waals surface area contributed by atoms with Crippen molar-refractivity contribution in [2.24, 2.45) is 0 Å². The number of hydrogen-bond donors (Lipinski definition) is 0. The number of carbonyl (C=O) groups is 1. The first-order chi connectivity index (χ1) is 8.18. The summed E-state index contributed by atoms with van der Waals surface area (Å²) in [6, 6.07) is 16.2. The quantitative estimate of drug-likeness (QED) is 0.778. The molecule has 3 heteroatoms. The largest absolute Gasteiger partial charge is 0.295 e. The molecule has 0 N–H and O–H groups in total. The van der Waals surface area contributed by atoms with Crippen LogP contribution >= 0.6 is 0 Å². The fraction of sp³-hybridized carbons (Fsp3) is 0.0714. The van der Waals surface area contributed by atoms with Gasteiger partial charge in [-0.15, -0.1) is 0 Å². The fourth-order valence-corrected chi connectivity index (χ4v) is 2.62. The van der Waals surface area contributed by atoms with E-state index in [1.54, 1.807) is 24.3 Å². The van der Waals surface area contributed by atoms with Gasteiger partial charge in [0.1, 0.15) is 0 Å². The lowest BCUT2D eigenvalue weighted by Crippen LogP contribution is -1.96. The predicted octanol–water partition coefficient (Wildman–Crippen LogP) is 3.06. The molecule has 1 atom stereocenters. The number of hydrogen-bond acceptors (Lipinski definition) is 2. The third-order valence-corrected chi connectivity index (χ3v) is 3.79. The van der Waals surface area contributed by atoms with Crippen LogP contribution < -0.4 is 0 Å². The Morgan fingerprint density at radius 2 is 1.59 bits per heavy atom. The molecule has 2 rings (SSSR count). The molecule has 2 nitrogen and oxygen atoms in total. The topological polar surface area (TPSA) is 34.1 Å². The molecule has 17 heavy (non-hydrogen) atoms. The first kappa shape index (κ1) is 11.7. The van der Waals surface area contributed by atoms with Gasteiger partial charge in [0.2, 0.25) is 0 Å². The number of Topliss-reactive ketones (excluding diaryl/α,β-unsaturated/α-hetero) is 1. The molecule has 0 fully saturated rings. The van der Waals surface area contributed by atoms with Gasteiger partial charge >= 0.3 is 0 Å². The molecule has 2 aromatic rings. The number of ketones is 1. The van der Waals surface area contributed by atoms with Crippen LogP contribution in [0, 0.1) is 0 Å². The van der Waals surface area contributed by atoms with Gasteiger partial charge in [-0.2, -0.15) is 0 Å². The molecule has 0 aliphatic heterocycles. The minimum absolute atomic E-state index is 0.0167. The number of benzene rings is 2. The maximum Gasteiger partial charge on any atom is 0.159 e. The Labute approximate surface area is 103 Å². The number of carbonyl (C=O) groups excluding carboxylic acids is 1. The van der Waals surface area contributed by atoms with Gasteiger partial charge in [-0.25, -0.2) is 4.21 Å². The second kappa shape index (κ2) is 5.06. The molecule has 0 saturated heterocycles. The molecule has 0 radical (unpaired) electrons. The fourth-order valence-electron chi connectivity index (χ4n) is 1.51. The lowest BCUT2D eigenvalue weighted by Gasteiger charge is -2.03. The summed E-state index contributed by atoms with van der Waals surface area (Å²) in [6.45, 7) is 1.50. The summed E-state index contributed by atoms with van der Waals surface area (Å²) in [5, 5.41) is 0. The van der Waals surface area contributed by atoms with Crippen LogP contribution in [0.3, 0.4) is 0 Å². The maximum atomic E-state index is 12.2. The van der Waals surface area contributed by atoms with Gasteiger partial charge in [0.25, 0.3) is 0 Å². The van der Waals surface area contributed by atoms with E-state index < -0.39 is 10.8 Å². The monoisotopic (exact) mass is 244 g/mol. The minimum atomic E-state index is -1.23. The van der Waals surface area contributed by atoms with Crippen LogP contribution in [0.5, 0.6) is 0 Å². The Balaban J connectivity index is 2.38. The van der Waals surface area contributed by atoms with E-state index in [1.807, 2.05) is 30.3 Å². The molecule has 0 bridgehead atoms. The average Bonchev–Trinajstić information content (AvgIpc) is 2.39.